The molecular formula is C13H20N2O3. The van der Waals surface area contributed by atoms with Crippen LogP contribution < -0.4 is 10.5 Å². The highest BCUT2D eigenvalue weighted by Gasteiger charge is 2.08. The number of rotatable bonds is 6. The van der Waals surface area contributed by atoms with Crippen LogP contribution >= 0.6 is 0 Å². The van der Waals surface area contributed by atoms with Crippen LogP contribution in [0.25, 0.3) is 0 Å². The normalized spacial score (nSPS) is 11.6. The molecule has 1 aromatic carbocycles. The van der Waals surface area contributed by atoms with Crippen LogP contribution in [0, 0.1) is 13.8 Å². The Balaban J connectivity index is 2.81. The zero-order chi connectivity index (χ0) is 13.5. The van der Waals surface area contributed by atoms with Crippen molar-refractivity contribution < 1.29 is 14.7 Å². The number of nitrogens with two attached hydrogens (primary N) is 1. The number of benzene rings is 1. The number of oxime groups is 1. The van der Waals surface area contributed by atoms with Crippen molar-refractivity contribution in [3.05, 3.63) is 28.8 Å². The maximum atomic E-state index is 8.66. The summed E-state index contributed by atoms with van der Waals surface area (Å²) in [6.45, 7) is 5.17. The molecule has 0 fully saturated rings. The summed E-state index contributed by atoms with van der Waals surface area (Å²) in [4.78, 5) is 0. The predicted molar refractivity (Wildman–Crippen MR) is 70.4 cm³/mol. The smallest absolute Gasteiger partial charge is 0.170 e. The molecule has 5 nitrogen and oxygen atoms in total. The van der Waals surface area contributed by atoms with Gasteiger partial charge in [-0.15, -0.1) is 0 Å². The van der Waals surface area contributed by atoms with Crippen LogP contribution in [0.1, 0.15) is 23.1 Å². The number of methoxy groups -OCH3 is 1. The summed E-state index contributed by atoms with van der Waals surface area (Å²) in [6.07, 6.45) is 0.845. The summed E-state index contributed by atoms with van der Waals surface area (Å²) in [5.41, 5.74) is 8.19. The van der Waals surface area contributed by atoms with Gasteiger partial charge < -0.3 is 20.4 Å². The average molecular weight is 252 g/mol. The maximum absolute atomic E-state index is 8.66. The van der Waals surface area contributed by atoms with Crippen LogP contribution in [0.2, 0.25) is 0 Å². The molecule has 0 bridgehead atoms. The first-order valence-electron chi connectivity index (χ1n) is 5.81. The summed E-state index contributed by atoms with van der Waals surface area (Å²) < 4.78 is 10.7. The second-order valence-corrected chi connectivity index (χ2v) is 4.12. The quantitative estimate of drug-likeness (QED) is 0.266. The SMILES string of the molecule is COCCCOc1c(C)cc(C(N)=NO)cc1C. The molecule has 0 aliphatic heterocycles. The summed E-state index contributed by atoms with van der Waals surface area (Å²) in [5.74, 6) is 0.952. The maximum Gasteiger partial charge on any atom is 0.170 e. The molecular weight excluding hydrogens is 232 g/mol. The van der Waals surface area contributed by atoms with Gasteiger partial charge in [0.25, 0.3) is 0 Å². The Morgan fingerprint density at radius 2 is 1.89 bits per heavy atom. The van der Waals surface area contributed by atoms with E-state index in [0.717, 1.165) is 23.3 Å². The van der Waals surface area contributed by atoms with E-state index in [0.29, 0.717) is 18.8 Å². The molecule has 0 aromatic heterocycles. The van der Waals surface area contributed by atoms with Gasteiger partial charge in [-0.3, -0.25) is 0 Å². The monoisotopic (exact) mass is 252 g/mol. The number of ether oxygens (including phenoxy) is 2. The van der Waals surface area contributed by atoms with Gasteiger partial charge >= 0.3 is 0 Å². The van der Waals surface area contributed by atoms with Crippen molar-refractivity contribution in [2.75, 3.05) is 20.3 Å². The molecule has 0 amide bonds. The minimum Gasteiger partial charge on any atom is -0.493 e. The Morgan fingerprint density at radius 3 is 2.39 bits per heavy atom. The van der Waals surface area contributed by atoms with Gasteiger partial charge in [-0.25, -0.2) is 0 Å². The van der Waals surface area contributed by atoms with Crippen molar-refractivity contribution in [1.82, 2.24) is 0 Å². The fourth-order valence-corrected chi connectivity index (χ4v) is 1.76. The van der Waals surface area contributed by atoms with Crippen LogP contribution in [0.15, 0.2) is 17.3 Å². The molecule has 0 saturated heterocycles. The number of amidine groups is 1. The van der Waals surface area contributed by atoms with Crippen LogP contribution in [-0.2, 0) is 4.74 Å². The molecule has 0 saturated carbocycles. The van der Waals surface area contributed by atoms with Gasteiger partial charge in [0.1, 0.15) is 5.75 Å². The van der Waals surface area contributed by atoms with Crippen molar-refractivity contribution >= 4 is 5.84 Å². The highest BCUT2D eigenvalue weighted by atomic mass is 16.5. The van der Waals surface area contributed by atoms with Crippen molar-refractivity contribution in [1.29, 1.82) is 0 Å². The Kier molecular flexibility index (Phi) is 5.45. The zero-order valence-corrected chi connectivity index (χ0v) is 11.1. The number of nitrogens with zero attached hydrogens (tertiary/aromatic N) is 1. The third-order valence-corrected chi connectivity index (χ3v) is 2.60. The van der Waals surface area contributed by atoms with E-state index < -0.39 is 0 Å². The van der Waals surface area contributed by atoms with Gasteiger partial charge in [0.2, 0.25) is 0 Å². The summed E-state index contributed by atoms with van der Waals surface area (Å²) in [5, 5.41) is 11.7. The highest BCUT2D eigenvalue weighted by molar-refractivity contribution is 5.97. The highest BCUT2D eigenvalue weighted by Crippen LogP contribution is 2.24. The molecule has 0 unspecified atom stereocenters. The Bertz CT molecular complexity index is 407. The van der Waals surface area contributed by atoms with Gasteiger partial charge in [0.15, 0.2) is 5.84 Å². The molecule has 1 aromatic rings. The van der Waals surface area contributed by atoms with Gasteiger partial charge in [-0.05, 0) is 37.1 Å². The van der Waals surface area contributed by atoms with E-state index in [1.54, 1.807) is 7.11 Å². The molecule has 0 radical (unpaired) electrons. The lowest BCUT2D eigenvalue weighted by Gasteiger charge is -2.13. The zero-order valence-electron chi connectivity index (χ0n) is 11.1. The first-order chi connectivity index (χ1) is 8.60. The Labute approximate surface area is 107 Å². The average Bonchev–Trinajstić information content (AvgIpc) is 2.35. The molecule has 0 heterocycles. The third-order valence-electron chi connectivity index (χ3n) is 2.60. The number of hydrogen-bond donors (Lipinski definition) is 2. The number of hydrogen-bond acceptors (Lipinski definition) is 4. The molecule has 3 N–H and O–H groups in total. The summed E-state index contributed by atoms with van der Waals surface area (Å²) in [7, 11) is 1.67. The molecule has 0 aliphatic carbocycles. The molecule has 0 aliphatic rings. The lowest BCUT2D eigenvalue weighted by atomic mass is 10.1. The second kappa shape index (κ2) is 6.86. The Morgan fingerprint density at radius 1 is 1.28 bits per heavy atom. The standard InChI is InChI=1S/C13H20N2O3/c1-9-7-11(13(14)15-16)8-10(2)12(9)18-6-4-5-17-3/h7-8,16H,4-6H2,1-3H3,(H2,14,15). The van der Waals surface area contributed by atoms with E-state index in [1.807, 2.05) is 26.0 Å². The van der Waals surface area contributed by atoms with Crippen LogP contribution in [-0.4, -0.2) is 31.4 Å². The largest absolute Gasteiger partial charge is 0.493 e. The lowest BCUT2D eigenvalue weighted by Crippen LogP contribution is -2.14. The van der Waals surface area contributed by atoms with Gasteiger partial charge in [-0.2, -0.15) is 0 Å². The fourth-order valence-electron chi connectivity index (χ4n) is 1.76. The van der Waals surface area contributed by atoms with Crippen LogP contribution in [0.3, 0.4) is 0 Å². The topological polar surface area (TPSA) is 77.1 Å². The van der Waals surface area contributed by atoms with Crippen molar-refractivity contribution in [3.8, 4) is 5.75 Å². The van der Waals surface area contributed by atoms with E-state index in [4.69, 9.17) is 20.4 Å². The third kappa shape index (κ3) is 3.63. The van der Waals surface area contributed by atoms with E-state index >= 15 is 0 Å². The molecule has 1 rings (SSSR count). The molecule has 18 heavy (non-hydrogen) atoms. The summed E-state index contributed by atoms with van der Waals surface area (Å²) >= 11 is 0. The lowest BCUT2D eigenvalue weighted by molar-refractivity contribution is 0.171. The van der Waals surface area contributed by atoms with Crippen LogP contribution in [0.5, 0.6) is 5.75 Å². The van der Waals surface area contributed by atoms with E-state index in [1.165, 1.54) is 0 Å². The van der Waals surface area contributed by atoms with Crippen molar-refractivity contribution in [3.63, 3.8) is 0 Å². The summed E-state index contributed by atoms with van der Waals surface area (Å²) in [6, 6.07) is 3.68. The first kappa shape index (κ1) is 14.3. The minimum atomic E-state index is 0.104. The van der Waals surface area contributed by atoms with E-state index in [-0.39, 0.29) is 5.84 Å². The van der Waals surface area contributed by atoms with Gasteiger partial charge in [0.05, 0.1) is 6.61 Å². The molecule has 100 valence electrons. The molecule has 0 atom stereocenters. The molecule has 5 heteroatoms. The first-order valence-corrected chi connectivity index (χ1v) is 5.81. The van der Waals surface area contributed by atoms with E-state index in [9.17, 15) is 0 Å². The van der Waals surface area contributed by atoms with Crippen molar-refractivity contribution in [2.45, 2.75) is 20.3 Å². The van der Waals surface area contributed by atoms with E-state index in [2.05, 4.69) is 5.16 Å². The molecule has 0 spiro atoms. The Hall–Kier alpha value is -1.75. The second-order valence-electron chi connectivity index (χ2n) is 4.12. The number of aryl methyl sites for hydroxylation is 2. The van der Waals surface area contributed by atoms with Crippen molar-refractivity contribution in [2.24, 2.45) is 10.9 Å². The predicted octanol–water partition coefficient (Wildman–Crippen LogP) is 1.81. The van der Waals surface area contributed by atoms with Gasteiger partial charge in [0, 0.05) is 25.7 Å². The minimum absolute atomic E-state index is 0.104. The van der Waals surface area contributed by atoms with Crippen LogP contribution in [0.4, 0.5) is 0 Å². The fraction of sp³-hybridized carbons (Fsp3) is 0.462. The van der Waals surface area contributed by atoms with Gasteiger partial charge in [-0.1, -0.05) is 5.16 Å².